The van der Waals surface area contributed by atoms with E-state index in [1.807, 2.05) is 0 Å². The minimum atomic E-state index is 0.398. The zero-order valence-corrected chi connectivity index (χ0v) is 12.8. The Kier molecular flexibility index (Phi) is 4.04. The van der Waals surface area contributed by atoms with Crippen LogP contribution in [-0.2, 0) is 5.33 Å². The number of nitrogens with zero attached hydrogens (tertiary/aromatic N) is 1. The zero-order chi connectivity index (χ0) is 12.5. The van der Waals surface area contributed by atoms with E-state index >= 15 is 0 Å². The van der Waals surface area contributed by atoms with E-state index in [0.29, 0.717) is 5.41 Å². The van der Waals surface area contributed by atoms with Crippen LogP contribution in [0.1, 0.15) is 32.3 Å². The first-order valence-corrected chi connectivity index (χ1v) is 7.61. The third-order valence-electron chi connectivity index (χ3n) is 3.41. The molecule has 0 atom stereocenters. The molecule has 1 aromatic rings. The van der Waals surface area contributed by atoms with Crippen LogP contribution in [0, 0.1) is 5.41 Å². The quantitative estimate of drug-likeness (QED) is 0.704. The van der Waals surface area contributed by atoms with Crippen LogP contribution in [0.15, 0.2) is 18.2 Å². The molecule has 2 rings (SSSR count). The fraction of sp³-hybridized carbons (Fsp3) is 0.571. The highest BCUT2D eigenvalue weighted by Crippen LogP contribution is 2.35. The molecule has 94 valence electrons. The van der Waals surface area contributed by atoms with Crippen LogP contribution < -0.4 is 4.90 Å². The fourth-order valence-electron chi connectivity index (χ4n) is 2.52. The smallest absolute Gasteiger partial charge is 0.0642 e. The first kappa shape index (κ1) is 13.2. The van der Waals surface area contributed by atoms with Crippen LogP contribution in [0.5, 0.6) is 0 Å². The maximum absolute atomic E-state index is 6.37. The summed E-state index contributed by atoms with van der Waals surface area (Å²) in [5.74, 6) is 0. The number of hydrogen-bond acceptors (Lipinski definition) is 1. The molecule has 1 aliphatic heterocycles. The van der Waals surface area contributed by atoms with Gasteiger partial charge >= 0.3 is 0 Å². The van der Waals surface area contributed by atoms with Crippen molar-refractivity contribution >= 4 is 33.2 Å². The highest BCUT2D eigenvalue weighted by atomic mass is 79.9. The lowest BCUT2D eigenvalue weighted by molar-refractivity contribution is 0.293. The van der Waals surface area contributed by atoms with Crippen molar-refractivity contribution in [3.63, 3.8) is 0 Å². The van der Waals surface area contributed by atoms with Crippen LogP contribution in [0.2, 0.25) is 5.02 Å². The maximum atomic E-state index is 6.37. The Hall–Kier alpha value is -0.210. The summed E-state index contributed by atoms with van der Waals surface area (Å²) in [4.78, 5) is 2.42. The summed E-state index contributed by atoms with van der Waals surface area (Å²) < 4.78 is 0. The predicted octanol–water partition coefficient (Wildman–Crippen LogP) is 4.86. The molecular weight excluding hydrogens is 298 g/mol. The number of alkyl halides is 1. The van der Waals surface area contributed by atoms with E-state index in [-0.39, 0.29) is 0 Å². The Morgan fingerprint density at radius 1 is 1.41 bits per heavy atom. The van der Waals surface area contributed by atoms with Gasteiger partial charge in [-0.2, -0.15) is 0 Å². The Balaban J connectivity index is 2.22. The Morgan fingerprint density at radius 2 is 2.18 bits per heavy atom. The number of hydrogen-bond donors (Lipinski definition) is 0. The highest BCUT2D eigenvalue weighted by Gasteiger charge is 2.27. The molecule has 1 nitrogen and oxygen atoms in total. The van der Waals surface area contributed by atoms with Gasteiger partial charge in [-0.1, -0.05) is 47.4 Å². The van der Waals surface area contributed by atoms with Gasteiger partial charge in [-0.15, -0.1) is 0 Å². The van der Waals surface area contributed by atoms with Crippen molar-refractivity contribution in [3.8, 4) is 0 Å². The van der Waals surface area contributed by atoms with Gasteiger partial charge in [0.05, 0.1) is 10.7 Å². The molecule has 1 heterocycles. The molecule has 0 aliphatic carbocycles. The van der Waals surface area contributed by atoms with Crippen molar-refractivity contribution in [1.82, 2.24) is 0 Å². The molecule has 17 heavy (non-hydrogen) atoms. The normalized spacial score (nSPS) is 19.4. The Labute approximate surface area is 117 Å². The molecule has 1 aromatic carbocycles. The predicted molar refractivity (Wildman–Crippen MR) is 79.3 cm³/mol. The van der Waals surface area contributed by atoms with Gasteiger partial charge in [0.15, 0.2) is 0 Å². The average Bonchev–Trinajstić information content (AvgIpc) is 2.27. The topological polar surface area (TPSA) is 3.24 Å². The van der Waals surface area contributed by atoms with Gasteiger partial charge in [-0.3, -0.25) is 0 Å². The second-order valence-electron chi connectivity index (χ2n) is 5.61. The van der Waals surface area contributed by atoms with Gasteiger partial charge in [0.1, 0.15) is 0 Å². The molecule has 1 aliphatic rings. The summed E-state index contributed by atoms with van der Waals surface area (Å²) in [5.41, 5.74) is 2.81. The minimum Gasteiger partial charge on any atom is -0.370 e. The number of anilines is 1. The second-order valence-corrected chi connectivity index (χ2v) is 6.58. The lowest BCUT2D eigenvalue weighted by atomic mass is 9.84. The molecular formula is C14H19BrClN. The largest absolute Gasteiger partial charge is 0.370 e. The zero-order valence-electron chi connectivity index (χ0n) is 10.5. The molecule has 0 amide bonds. The Morgan fingerprint density at radius 3 is 2.76 bits per heavy atom. The van der Waals surface area contributed by atoms with Crippen molar-refractivity contribution in [3.05, 3.63) is 28.8 Å². The van der Waals surface area contributed by atoms with Gasteiger partial charge in [0, 0.05) is 18.4 Å². The van der Waals surface area contributed by atoms with E-state index in [9.17, 15) is 0 Å². The molecule has 3 heteroatoms. The van der Waals surface area contributed by atoms with E-state index in [0.717, 1.165) is 23.4 Å². The third kappa shape index (κ3) is 3.17. The first-order chi connectivity index (χ1) is 8.02. The highest BCUT2D eigenvalue weighted by molar-refractivity contribution is 9.08. The lowest BCUT2D eigenvalue weighted by Gasteiger charge is -2.39. The fourth-order valence-corrected chi connectivity index (χ4v) is 3.19. The molecule has 0 spiro atoms. The third-order valence-corrected chi connectivity index (χ3v) is 4.36. The van der Waals surface area contributed by atoms with Crippen LogP contribution in [0.3, 0.4) is 0 Å². The number of piperidine rings is 1. The lowest BCUT2D eigenvalue weighted by Crippen LogP contribution is -2.40. The second kappa shape index (κ2) is 5.19. The van der Waals surface area contributed by atoms with E-state index in [2.05, 4.69) is 52.9 Å². The van der Waals surface area contributed by atoms with E-state index in [4.69, 9.17) is 11.6 Å². The van der Waals surface area contributed by atoms with Gasteiger partial charge in [-0.05, 0) is 36.0 Å². The van der Waals surface area contributed by atoms with Crippen LogP contribution in [0.25, 0.3) is 0 Å². The van der Waals surface area contributed by atoms with Crippen molar-refractivity contribution < 1.29 is 0 Å². The monoisotopic (exact) mass is 315 g/mol. The van der Waals surface area contributed by atoms with Crippen molar-refractivity contribution in [1.29, 1.82) is 0 Å². The molecule has 1 saturated heterocycles. The average molecular weight is 317 g/mol. The van der Waals surface area contributed by atoms with Crippen molar-refractivity contribution in [2.24, 2.45) is 5.41 Å². The van der Waals surface area contributed by atoms with Gasteiger partial charge in [-0.25, -0.2) is 0 Å². The molecule has 0 unspecified atom stereocenters. The number of halogens is 2. The summed E-state index contributed by atoms with van der Waals surface area (Å²) in [6, 6.07) is 6.37. The molecule has 0 N–H and O–H groups in total. The summed E-state index contributed by atoms with van der Waals surface area (Å²) in [6.45, 7) is 6.89. The molecule has 0 bridgehead atoms. The van der Waals surface area contributed by atoms with Crippen molar-refractivity contribution in [2.75, 3.05) is 18.0 Å². The Bertz CT molecular complexity index is 403. The summed E-state index contributed by atoms with van der Waals surface area (Å²) in [7, 11) is 0. The van der Waals surface area contributed by atoms with Gasteiger partial charge < -0.3 is 4.90 Å². The number of benzene rings is 1. The number of rotatable bonds is 2. The van der Waals surface area contributed by atoms with E-state index in [1.54, 1.807) is 0 Å². The van der Waals surface area contributed by atoms with Gasteiger partial charge in [0.25, 0.3) is 0 Å². The molecule has 1 fully saturated rings. The van der Waals surface area contributed by atoms with Crippen LogP contribution in [0.4, 0.5) is 5.69 Å². The van der Waals surface area contributed by atoms with Crippen molar-refractivity contribution in [2.45, 2.75) is 32.0 Å². The SMILES string of the molecule is CC1(C)CCCN(c2ccc(CBr)cc2Cl)C1. The van der Waals surface area contributed by atoms with E-state index in [1.165, 1.54) is 24.1 Å². The summed E-state index contributed by atoms with van der Waals surface area (Å²) in [5, 5.41) is 1.73. The molecule has 0 aromatic heterocycles. The molecule has 0 radical (unpaired) electrons. The minimum absolute atomic E-state index is 0.398. The van der Waals surface area contributed by atoms with Crippen LogP contribution in [-0.4, -0.2) is 13.1 Å². The summed E-state index contributed by atoms with van der Waals surface area (Å²) >= 11 is 9.83. The molecule has 0 saturated carbocycles. The standard InChI is InChI=1S/C14H19BrClN/c1-14(2)6-3-7-17(10-14)13-5-4-11(9-15)8-12(13)16/h4-5,8H,3,6-7,9-10H2,1-2H3. The van der Waals surface area contributed by atoms with Crippen LogP contribution >= 0.6 is 27.5 Å². The summed E-state index contributed by atoms with van der Waals surface area (Å²) in [6.07, 6.45) is 2.56. The maximum Gasteiger partial charge on any atom is 0.0642 e. The van der Waals surface area contributed by atoms with Gasteiger partial charge in [0.2, 0.25) is 0 Å². The van der Waals surface area contributed by atoms with E-state index < -0.39 is 0 Å². The first-order valence-electron chi connectivity index (χ1n) is 6.11.